The summed E-state index contributed by atoms with van der Waals surface area (Å²) in [6.07, 6.45) is 1.36. The van der Waals surface area contributed by atoms with Crippen molar-refractivity contribution < 1.29 is 8.42 Å². The number of sulfonamides is 1. The van der Waals surface area contributed by atoms with Gasteiger partial charge < -0.3 is 0 Å². The fourth-order valence-electron chi connectivity index (χ4n) is 1.09. The first kappa shape index (κ1) is 16.2. The smallest absolute Gasteiger partial charge is 0.212 e. The molecule has 0 aliphatic heterocycles. The van der Waals surface area contributed by atoms with Gasteiger partial charge in [0.25, 0.3) is 0 Å². The van der Waals surface area contributed by atoms with Crippen molar-refractivity contribution >= 4 is 21.6 Å². The minimum Gasteiger partial charge on any atom is -0.212 e. The van der Waals surface area contributed by atoms with E-state index >= 15 is 0 Å². The van der Waals surface area contributed by atoms with E-state index < -0.39 is 10.0 Å². The maximum atomic E-state index is 11.9. The molecule has 0 aromatic rings. The van der Waals surface area contributed by atoms with Crippen LogP contribution < -0.4 is 0 Å². The predicted molar refractivity (Wildman–Crippen MR) is 70.4 cm³/mol. The van der Waals surface area contributed by atoms with E-state index in [1.165, 1.54) is 4.31 Å². The lowest BCUT2D eigenvalue weighted by molar-refractivity contribution is 0.388. The molecule has 0 aliphatic carbocycles. The van der Waals surface area contributed by atoms with Crippen LogP contribution in [0.3, 0.4) is 0 Å². The van der Waals surface area contributed by atoms with Crippen molar-refractivity contribution in [2.75, 3.05) is 19.3 Å². The average molecular weight is 270 g/mol. The van der Waals surface area contributed by atoms with Crippen LogP contribution in [0.15, 0.2) is 0 Å². The van der Waals surface area contributed by atoms with Crippen molar-refractivity contribution in [1.29, 1.82) is 0 Å². The standard InChI is InChI=1S/C11H24ClNO2S/c1-10(12)6-8-13(5)16(14,15)9-7-11(2,3)4/h10H,6-9H2,1-5H3. The number of halogens is 1. The van der Waals surface area contributed by atoms with Gasteiger partial charge in [0.1, 0.15) is 0 Å². The molecule has 0 rings (SSSR count). The van der Waals surface area contributed by atoms with Crippen LogP contribution in [0.1, 0.15) is 40.5 Å². The molecule has 0 N–H and O–H groups in total. The molecule has 0 amide bonds. The van der Waals surface area contributed by atoms with Gasteiger partial charge in [-0.05, 0) is 25.2 Å². The molecule has 98 valence electrons. The molecule has 0 spiro atoms. The molecular formula is C11H24ClNO2S. The van der Waals surface area contributed by atoms with Crippen LogP contribution in [0.2, 0.25) is 0 Å². The van der Waals surface area contributed by atoms with Gasteiger partial charge in [-0.25, -0.2) is 12.7 Å². The third-order valence-electron chi connectivity index (χ3n) is 2.43. The Labute approximate surface area is 105 Å². The highest BCUT2D eigenvalue weighted by Crippen LogP contribution is 2.20. The van der Waals surface area contributed by atoms with Crippen molar-refractivity contribution in [2.45, 2.75) is 45.9 Å². The number of hydrogen-bond acceptors (Lipinski definition) is 2. The zero-order valence-corrected chi connectivity index (χ0v) is 12.5. The van der Waals surface area contributed by atoms with Crippen LogP contribution in [0.4, 0.5) is 0 Å². The zero-order valence-electron chi connectivity index (χ0n) is 11.0. The van der Waals surface area contributed by atoms with E-state index in [2.05, 4.69) is 0 Å². The van der Waals surface area contributed by atoms with Gasteiger partial charge in [-0.2, -0.15) is 0 Å². The molecule has 0 radical (unpaired) electrons. The van der Waals surface area contributed by atoms with Gasteiger partial charge in [-0.3, -0.25) is 0 Å². The van der Waals surface area contributed by atoms with Gasteiger partial charge in [0, 0.05) is 19.0 Å². The van der Waals surface area contributed by atoms with E-state index in [0.29, 0.717) is 19.4 Å². The van der Waals surface area contributed by atoms with Crippen molar-refractivity contribution in [3.63, 3.8) is 0 Å². The Morgan fingerprint density at radius 3 is 2.19 bits per heavy atom. The molecule has 0 aliphatic rings. The topological polar surface area (TPSA) is 37.4 Å². The Morgan fingerprint density at radius 1 is 1.31 bits per heavy atom. The molecule has 16 heavy (non-hydrogen) atoms. The molecular weight excluding hydrogens is 246 g/mol. The van der Waals surface area contributed by atoms with Gasteiger partial charge in [0.15, 0.2) is 0 Å². The van der Waals surface area contributed by atoms with E-state index in [9.17, 15) is 8.42 Å². The maximum Gasteiger partial charge on any atom is 0.213 e. The van der Waals surface area contributed by atoms with Gasteiger partial charge in [-0.15, -0.1) is 11.6 Å². The Balaban J connectivity index is 4.22. The Bertz CT molecular complexity index is 294. The lowest BCUT2D eigenvalue weighted by atomic mass is 9.94. The van der Waals surface area contributed by atoms with Gasteiger partial charge >= 0.3 is 0 Å². The molecule has 0 bridgehead atoms. The highest BCUT2D eigenvalue weighted by atomic mass is 35.5. The van der Waals surface area contributed by atoms with Crippen molar-refractivity contribution in [3.8, 4) is 0 Å². The molecule has 0 aromatic carbocycles. The molecule has 3 nitrogen and oxygen atoms in total. The fourth-order valence-corrected chi connectivity index (χ4v) is 2.75. The molecule has 1 unspecified atom stereocenters. The number of nitrogens with zero attached hydrogens (tertiary/aromatic N) is 1. The van der Waals surface area contributed by atoms with Crippen LogP contribution >= 0.6 is 11.6 Å². The van der Waals surface area contributed by atoms with E-state index in [-0.39, 0.29) is 16.5 Å². The molecule has 0 aromatic heterocycles. The average Bonchev–Trinajstić information content (AvgIpc) is 2.10. The molecule has 0 heterocycles. The van der Waals surface area contributed by atoms with Crippen LogP contribution in [-0.4, -0.2) is 37.4 Å². The monoisotopic (exact) mass is 269 g/mol. The second kappa shape index (κ2) is 6.22. The van der Waals surface area contributed by atoms with Gasteiger partial charge in [0.05, 0.1) is 5.75 Å². The molecule has 0 saturated carbocycles. The van der Waals surface area contributed by atoms with Crippen LogP contribution in [0, 0.1) is 5.41 Å². The summed E-state index contributed by atoms with van der Waals surface area (Å²) in [6.45, 7) is 8.50. The first-order valence-electron chi connectivity index (χ1n) is 5.63. The highest BCUT2D eigenvalue weighted by Gasteiger charge is 2.21. The molecule has 0 fully saturated rings. The van der Waals surface area contributed by atoms with Crippen LogP contribution in [-0.2, 0) is 10.0 Å². The summed E-state index contributed by atoms with van der Waals surface area (Å²) in [4.78, 5) is 0. The van der Waals surface area contributed by atoms with E-state index in [0.717, 1.165) is 0 Å². The minimum absolute atomic E-state index is 0.0141. The van der Waals surface area contributed by atoms with Crippen molar-refractivity contribution in [2.24, 2.45) is 5.41 Å². The summed E-state index contributed by atoms with van der Waals surface area (Å²) in [7, 11) is -1.49. The van der Waals surface area contributed by atoms with E-state index in [1.807, 2.05) is 27.7 Å². The maximum absolute atomic E-state index is 11.9. The zero-order chi connectivity index (χ0) is 13.0. The second-order valence-electron chi connectivity index (χ2n) is 5.52. The lowest BCUT2D eigenvalue weighted by Gasteiger charge is -2.22. The third-order valence-corrected chi connectivity index (χ3v) is 4.50. The summed E-state index contributed by atoms with van der Waals surface area (Å²) in [5, 5.41) is 0.0141. The van der Waals surface area contributed by atoms with Crippen molar-refractivity contribution in [1.82, 2.24) is 4.31 Å². The van der Waals surface area contributed by atoms with Gasteiger partial charge in [0.2, 0.25) is 10.0 Å². The highest BCUT2D eigenvalue weighted by molar-refractivity contribution is 7.89. The number of hydrogen-bond donors (Lipinski definition) is 0. The molecule has 5 heteroatoms. The lowest BCUT2D eigenvalue weighted by Crippen LogP contribution is -2.32. The van der Waals surface area contributed by atoms with Gasteiger partial charge in [-0.1, -0.05) is 20.8 Å². The minimum atomic E-state index is -3.11. The van der Waals surface area contributed by atoms with E-state index in [1.54, 1.807) is 7.05 Å². The number of rotatable bonds is 6. The summed E-state index contributed by atoms with van der Waals surface area (Å²) in [5.41, 5.74) is 0.0493. The Morgan fingerprint density at radius 2 is 1.81 bits per heavy atom. The predicted octanol–water partition coefficient (Wildman–Crippen LogP) is 2.70. The molecule has 1 atom stereocenters. The summed E-state index contributed by atoms with van der Waals surface area (Å²) < 4.78 is 25.2. The first-order valence-corrected chi connectivity index (χ1v) is 7.67. The second-order valence-corrected chi connectivity index (χ2v) is 8.46. The Hall–Kier alpha value is 0.200. The van der Waals surface area contributed by atoms with Crippen molar-refractivity contribution in [3.05, 3.63) is 0 Å². The van der Waals surface area contributed by atoms with Crippen LogP contribution in [0.25, 0.3) is 0 Å². The largest absolute Gasteiger partial charge is 0.213 e. The fraction of sp³-hybridized carbons (Fsp3) is 1.00. The Kier molecular flexibility index (Phi) is 6.30. The number of alkyl halides is 1. The SMILES string of the molecule is CC(Cl)CCN(C)S(=O)(=O)CCC(C)(C)C. The summed E-state index contributed by atoms with van der Waals surface area (Å²) in [5.74, 6) is 0.212. The third kappa shape index (κ3) is 7.47. The van der Waals surface area contributed by atoms with Crippen LogP contribution in [0.5, 0.6) is 0 Å². The summed E-state index contributed by atoms with van der Waals surface area (Å²) in [6, 6.07) is 0. The normalized spacial score (nSPS) is 15.4. The summed E-state index contributed by atoms with van der Waals surface area (Å²) >= 11 is 5.80. The quantitative estimate of drug-likeness (QED) is 0.696. The van der Waals surface area contributed by atoms with E-state index in [4.69, 9.17) is 11.6 Å². The molecule has 0 saturated heterocycles. The first-order chi connectivity index (χ1) is 7.04.